The van der Waals surface area contributed by atoms with E-state index in [-0.39, 0.29) is 17.7 Å². The molecule has 2 rings (SSSR count). The first kappa shape index (κ1) is 15.0. The van der Waals surface area contributed by atoms with Crippen LogP contribution in [0.25, 0.3) is 0 Å². The van der Waals surface area contributed by atoms with Gasteiger partial charge in [-0.1, -0.05) is 13.8 Å². The number of halogens is 2. The van der Waals surface area contributed by atoms with E-state index in [4.69, 9.17) is 0 Å². The number of hydrogen-bond acceptors (Lipinski definition) is 3. The van der Waals surface area contributed by atoms with Gasteiger partial charge in [0.25, 0.3) is 0 Å². The molecule has 0 aliphatic heterocycles. The van der Waals surface area contributed by atoms with E-state index < -0.39 is 11.6 Å². The molecule has 1 aliphatic rings. The topological polar surface area (TPSA) is 37.0 Å². The highest BCUT2D eigenvalue weighted by molar-refractivity contribution is 5.48. The van der Waals surface area contributed by atoms with Crippen molar-refractivity contribution in [1.82, 2.24) is 4.98 Å². The van der Waals surface area contributed by atoms with Gasteiger partial charge < -0.3 is 10.6 Å². The fourth-order valence-electron chi connectivity index (χ4n) is 3.12. The first-order valence-electron chi connectivity index (χ1n) is 7.36. The number of rotatable bonds is 4. The molecule has 1 aromatic heterocycles. The van der Waals surface area contributed by atoms with Crippen LogP contribution in [-0.2, 0) is 0 Å². The van der Waals surface area contributed by atoms with Crippen molar-refractivity contribution < 1.29 is 8.78 Å². The van der Waals surface area contributed by atoms with E-state index in [9.17, 15) is 8.78 Å². The third-order valence-corrected chi connectivity index (χ3v) is 3.79. The second-order valence-electron chi connectivity index (χ2n) is 5.94. The van der Waals surface area contributed by atoms with Gasteiger partial charge in [-0.15, -0.1) is 0 Å². The Balaban J connectivity index is 2.13. The molecule has 0 bridgehead atoms. The predicted octanol–water partition coefficient (Wildman–Crippen LogP) is 4.03. The van der Waals surface area contributed by atoms with E-state index in [1.165, 1.54) is 6.42 Å². The first-order chi connectivity index (χ1) is 9.49. The molecule has 2 unspecified atom stereocenters. The minimum absolute atomic E-state index is 0.105. The van der Waals surface area contributed by atoms with Gasteiger partial charge in [-0.3, -0.25) is 0 Å². The maximum absolute atomic E-state index is 13.8. The number of pyridine rings is 1. The molecule has 1 saturated carbocycles. The van der Waals surface area contributed by atoms with Crippen LogP contribution >= 0.6 is 0 Å². The van der Waals surface area contributed by atoms with Crippen molar-refractivity contribution in [1.29, 1.82) is 0 Å². The Kier molecular flexibility index (Phi) is 4.78. The Morgan fingerprint density at radius 3 is 2.30 bits per heavy atom. The highest BCUT2D eigenvalue weighted by Crippen LogP contribution is 2.31. The monoisotopic (exact) mass is 283 g/mol. The third-order valence-electron chi connectivity index (χ3n) is 3.79. The minimum atomic E-state index is -0.653. The molecule has 5 heteroatoms. The normalized spacial score (nSPS) is 26.4. The molecule has 0 saturated heterocycles. The largest absolute Gasteiger partial charge is 0.368 e. The summed E-state index contributed by atoms with van der Waals surface area (Å²) < 4.78 is 27.4. The number of anilines is 2. The molecule has 0 amide bonds. The zero-order valence-electron chi connectivity index (χ0n) is 12.3. The molecule has 0 radical (unpaired) electrons. The summed E-state index contributed by atoms with van der Waals surface area (Å²) in [5.41, 5.74) is 0. The average molecular weight is 283 g/mol. The minimum Gasteiger partial charge on any atom is -0.368 e. The van der Waals surface area contributed by atoms with Crippen LogP contribution in [0.1, 0.15) is 40.0 Å². The van der Waals surface area contributed by atoms with Gasteiger partial charge in [-0.05, 0) is 38.0 Å². The van der Waals surface area contributed by atoms with Crippen molar-refractivity contribution in [3.8, 4) is 0 Å². The van der Waals surface area contributed by atoms with Gasteiger partial charge in [-0.2, -0.15) is 0 Å². The molecule has 1 aliphatic carbocycles. The van der Waals surface area contributed by atoms with Crippen molar-refractivity contribution in [2.75, 3.05) is 17.2 Å². The molecule has 1 fully saturated rings. The lowest BCUT2D eigenvalue weighted by atomic mass is 9.80. The van der Waals surface area contributed by atoms with Gasteiger partial charge in [0.15, 0.2) is 23.3 Å². The molecule has 3 nitrogen and oxygen atoms in total. The molecule has 0 aromatic carbocycles. The van der Waals surface area contributed by atoms with Crippen LogP contribution in [0.5, 0.6) is 0 Å². The van der Waals surface area contributed by atoms with Crippen LogP contribution in [0.15, 0.2) is 6.07 Å². The second kappa shape index (κ2) is 6.37. The quantitative estimate of drug-likeness (QED) is 0.876. The third kappa shape index (κ3) is 3.58. The van der Waals surface area contributed by atoms with E-state index in [2.05, 4.69) is 29.5 Å². The van der Waals surface area contributed by atoms with Gasteiger partial charge in [0.2, 0.25) is 0 Å². The number of hydrogen-bond donors (Lipinski definition) is 2. The van der Waals surface area contributed by atoms with Gasteiger partial charge in [0.05, 0.1) is 0 Å². The summed E-state index contributed by atoms with van der Waals surface area (Å²) in [5.74, 6) is 0.207. The lowest BCUT2D eigenvalue weighted by Crippen LogP contribution is -2.31. The van der Waals surface area contributed by atoms with Crippen LogP contribution in [0.4, 0.5) is 20.4 Å². The number of nitrogens with zero attached hydrogens (tertiary/aromatic N) is 1. The zero-order chi connectivity index (χ0) is 14.7. The fourth-order valence-corrected chi connectivity index (χ4v) is 3.12. The molecule has 1 aromatic rings. The van der Waals surface area contributed by atoms with Crippen molar-refractivity contribution in [2.45, 2.75) is 46.1 Å². The molecule has 2 N–H and O–H groups in total. The number of nitrogens with one attached hydrogen (secondary N) is 2. The summed E-state index contributed by atoms with van der Waals surface area (Å²) in [4.78, 5) is 4.03. The van der Waals surface area contributed by atoms with Crippen molar-refractivity contribution in [3.63, 3.8) is 0 Å². The molecular weight excluding hydrogens is 260 g/mol. The summed E-state index contributed by atoms with van der Waals surface area (Å²) in [6.07, 6.45) is 3.21. The SMILES string of the molecule is CCNc1nc(NC2CC(C)CC(C)C2)c(F)cc1F. The predicted molar refractivity (Wildman–Crippen MR) is 77.9 cm³/mol. The molecule has 1 heterocycles. The Hall–Kier alpha value is -1.39. The summed E-state index contributed by atoms with van der Waals surface area (Å²) in [6.45, 7) is 6.82. The fraction of sp³-hybridized carbons (Fsp3) is 0.667. The first-order valence-corrected chi connectivity index (χ1v) is 7.36. The van der Waals surface area contributed by atoms with Crippen molar-refractivity contribution >= 4 is 11.6 Å². The van der Waals surface area contributed by atoms with Crippen LogP contribution in [0.3, 0.4) is 0 Å². The van der Waals surface area contributed by atoms with Gasteiger partial charge in [-0.25, -0.2) is 13.8 Å². The molecular formula is C15H23F2N3. The molecule has 2 atom stereocenters. The van der Waals surface area contributed by atoms with Gasteiger partial charge >= 0.3 is 0 Å². The number of aromatic nitrogens is 1. The van der Waals surface area contributed by atoms with Crippen LogP contribution in [-0.4, -0.2) is 17.6 Å². The maximum atomic E-state index is 13.8. The van der Waals surface area contributed by atoms with Gasteiger partial charge in [0.1, 0.15) is 0 Å². The lowest BCUT2D eigenvalue weighted by Gasteiger charge is -2.32. The van der Waals surface area contributed by atoms with Crippen LogP contribution < -0.4 is 10.6 Å². The molecule has 112 valence electrons. The van der Waals surface area contributed by atoms with Crippen molar-refractivity contribution in [3.05, 3.63) is 17.7 Å². The van der Waals surface area contributed by atoms with E-state index in [1.807, 2.05) is 6.92 Å². The highest BCUT2D eigenvalue weighted by Gasteiger charge is 2.25. The van der Waals surface area contributed by atoms with Gasteiger partial charge in [0, 0.05) is 18.7 Å². The summed E-state index contributed by atoms with van der Waals surface area (Å²) in [7, 11) is 0. The Morgan fingerprint density at radius 1 is 1.10 bits per heavy atom. The standard InChI is InChI=1S/C15H23F2N3/c1-4-18-14-12(16)8-13(17)15(20-14)19-11-6-9(2)5-10(3)7-11/h8-11H,4-7H2,1-3H3,(H2,18,19,20). The highest BCUT2D eigenvalue weighted by atomic mass is 19.1. The Bertz CT molecular complexity index is 455. The lowest BCUT2D eigenvalue weighted by molar-refractivity contribution is 0.280. The maximum Gasteiger partial charge on any atom is 0.168 e. The summed E-state index contributed by atoms with van der Waals surface area (Å²) in [5, 5.41) is 5.95. The zero-order valence-corrected chi connectivity index (χ0v) is 12.3. The smallest absolute Gasteiger partial charge is 0.168 e. The van der Waals surface area contributed by atoms with Crippen LogP contribution in [0, 0.1) is 23.5 Å². The van der Waals surface area contributed by atoms with Crippen molar-refractivity contribution in [2.24, 2.45) is 11.8 Å². The van der Waals surface area contributed by atoms with E-state index in [0.717, 1.165) is 18.9 Å². The van der Waals surface area contributed by atoms with E-state index in [1.54, 1.807) is 0 Å². The average Bonchev–Trinajstić information content (AvgIpc) is 2.34. The summed E-state index contributed by atoms with van der Waals surface area (Å²) in [6, 6.07) is 1.10. The molecule has 0 spiro atoms. The van der Waals surface area contributed by atoms with Crippen LogP contribution in [0.2, 0.25) is 0 Å². The Labute approximate surface area is 119 Å². The second-order valence-corrected chi connectivity index (χ2v) is 5.94. The summed E-state index contributed by atoms with van der Waals surface area (Å²) >= 11 is 0. The molecule has 20 heavy (non-hydrogen) atoms. The van der Waals surface area contributed by atoms with E-state index in [0.29, 0.717) is 18.4 Å². The van der Waals surface area contributed by atoms with E-state index >= 15 is 0 Å². The Morgan fingerprint density at radius 2 is 1.70 bits per heavy atom.